The Morgan fingerprint density at radius 1 is 1.24 bits per heavy atom. The number of aryl methyl sites for hydroxylation is 2. The molecule has 3 N–H and O–H groups in total. The average Bonchev–Trinajstić information content (AvgIpc) is 2.52. The number of rotatable bonds is 6. The van der Waals surface area contributed by atoms with Crippen molar-refractivity contribution in [2.24, 2.45) is 0 Å². The summed E-state index contributed by atoms with van der Waals surface area (Å²) in [6, 6.07) is 5.15. The van der Waals surface area contributed by atoms with Crippen LogP contribution in [0.3, 0.4) is 0 Å². The first-order chi connectivity index (χ1) is 11.8. The smallest absolute Gasteiger partial charge is 0.315 e. The number of carbonyl (C=O) groups excluding carboxylic acids is 1. The number of pyridine rings is 2. The Balaban J connectivity index is 1.84. The van der Waals surface area contributed by atoms with Gasteiger partial charge in [0.15, 0.2) is 0 Å². The first kappa shape index (κ1) is 18.5. The van der Waals surface area contributed by atoms with E-state index in [9.17, 15) is 9.59 Å². The summed E-state index contributed by atoms with van der Waals surface area (Å²) in [4.78, 5) is 30.7. The second kappa shape index (κ2) is 8.32. The first-order valence-electron chi connectivity index (χ1n) is 8.18. The third-order valence-corrected chi connectivity index (χ3v) is 3.53. The van der Waals surface area contributed by atoms with Crippen LogP contribution in [0.2, 0.25) is 0 Å². The van der Waals surface area contributed by atoms with Crippen molar-refractivity contribution in [3.8, 4) is 5.88 Å². The van der Waals surface area contributed by atoms with Gasteiger partial charge in [-0.05, 0) is 44.9 Å². The van der Waals surface area contributed by atoms with Crippen molar-refractivity contribution in [2.75, 3.05) is 0 Å². The van der Waals surface area contributed by atoms with Crippen LogP contribution < -0.4 is 20.9 Å². The van der Waals surface area contributed by atoms with Gasteiger partial charge in [-0.2, -0.15) is 0 Å². The van der Waals surface area contributed by atoms with Crippen LogP contribution in [0, 0.1) is 13.8 Å². The Morgan fingerprint density at radius 2 is 1.96 bits per heavy atom. The Labute approximate surface area is 146 Å². The van der Waals surface area contributed by atoms with Gasteiger partial charge in [0, 0.05) is 30.1 Å². The van der Waals surface area contributed by atoms with Gasteiger partial charge in [-0.3, -0.25) is 4.79 Å². The van der Waals surface area contributed by atoms with Gasteiger partial charge in [0.05, 0.1) is 12.6 Å². The molecule has 0 radical (unpaired) electrons. The lowest BCUT2D eigenvalue weighted by molar-refractivity contribution is 0.232. The molecule has 0 fully saturated rings. The highest BCUT2D eigenvalue weighted by Crippen LogP contribution is 2.09. The van der Waals surface area contributed by atoms with E-state index >= 15 is 0 Å². The number of urea groups is 1. The van der Waals surface area contributed by atoms with Gasteiger partial charge < -0.3 is 20.4 Å². The maximum absolute atomic E-state index is 11.9. The maximum atomic E-state index is 11.9. The van der Waals surface area contributed by atoms with Crippen LogP contribution in [0.1, 0.15) is 36.2 Å². The van der Waals surface area contributed by atoms with Crippen LogP contribution in [0.4, 0.5) is 4.79 Å². The van der Waals surface area contributed by atoms with Crippen LogP contribution in [0.15, 0.2) is 29.2 Å². The minimum Gasteiger partial charge on any atom is -0.475 e. The maximum Gasteiger partial charge on any atom is 0.315 e. The van der Waals surface area contributed by atoms with Crippen LogP contribution in [0.25, 0.3) is 0 Å². The van der Waals surface area contributed by atoms with Crippen molar-refractivity contribution in [3.05, 3.63) is 57.1 Å². The second-order valence-electron chi connectivity index (χ2n) is 6.15. The second-order valence-corrected chi connectivity index (χ2v) is 6.15. The van der Waals surface area contributed by atoms with Crippen molar-refractivity contribution in [3.63, 3.8) is 0 Å². The molecule has 25 heavy (non-hydrogen) atoms. The normalized spacial score (nSPS) is 10.6. The summed E-state index contributed by atoms with van der Waals surface area (Å²) in [6.07, 6.45) is 1.72. The van der Waals surface area contributed by atoms with E-state index in [4.69, 9.17) is 4.74 Å². The predicted molar refractivity (Wildman–Crippen MR) is 95.6 cm³/mol. The predicted octanol–water partition coefficient (Wildman–Crippen LogP) is 2.17. The molecule has 134 valence electrons. The summed E-state index contributed by atoms with van der Waals surface area (Å²) < 4.78 is 5.47. The zero-order valence-electron chi connectivity index (χ0n) is 15.0. The minimum absolute atomic E-state index is 0.0654. The molecule has 0 bridgehead atoms. The van der Waals surface area contributed by atoms with E-state index in [0.29, 0.717) is 18.0 Å². The summed E-state index contributed by atoms with van der Waals surface area (Å²) in [5, 5.41) is 5.43. The van der Waals surface area contributed by atoms with E-state index in [2.05, 4.69) is 20.6 Å². The molecule has 0 unspecified atom stereocenters. The topological polar surface area (TPSA) is 96.1 Å². The Hall–Kier alpha value is -2.83. The lowest BCUT2D eigenvalue weighted by atomic mass is 10.1. The summed E-state index contributed by atoms with van der Waals surface area (Å²) in [7, 11) is 0. The minimum atomic E-state index is -0.345. The number of amides is 2. The lowest BCUT2D eigenvalue weighted by Crippen LogP contribution is -2.36. The molecule has 0 saturated heterocycles. The number of hydrogen-bond donors (Lipinski definition) is 3. The van der Waals surface area contributed by atoms with Gasteiger partial charge in [-0.1, -0.05) is 6.07 Å². The number of hydrogen-bond acceptors (Lipinski definition) is 4. The number of H-pyrrole nitrogens is 1. The third kappa shape index (κ3) is 5.63. The van der Waals surface area contributed by atoms with E-state index in [1.165, 1.54) is 0 Å². The molecular formula is C18H24N4O3. The Kier molecular flexibility index (Phi) is 6.16. The van der Waals surface area contributed by atoms with Crippen LogP contribution in [-0.4, -0.2) is 22.1 Å². The molecule has 0 atom stereocenters. The molecule has 2 rings (SSSR count). The van der Waals surface area contributed by atoms with Gasteiger partial charge in [-0.15, -0.1) is 0 Å². The largest absolute Gasteiger partial charge is 0.475 e. The molecule has 0 aliphatic heterocycles. The molecule has 0 saturated carbocycles. The molecule has 7 nitrogen and oxygen atoms in total. The highest BCUT2D eigenvalue weighted by atomic mass is 16.5. The van der Waals surface area contributed by atoms with Crippen LogP contribution >= 0.6 is 0 Å². The first-order valence-corrected chi connectivity index (χ1v) is 8.18. The van der Waals surface area contributed by atoms with E-state index in [1.807, 2.05) is 39.8 Å². The molecule has 2 amide bonds. The zero-order chi connectivity index (χ0) is 18.4. The molecule has 0 aliphatic carbocycles. The quantitative estimate of drug-likeness (QED) is 0.748. The molecule has 7 heteroatoms. The Bertz CT molecular complexity index is 782. The summed E-state index contributed by atoms with van der Waals surface area (Å²) in [5.41, 5.74) is 2.88. The monoisotopic (exact) mass is 344 g/mol. The summed E-state index contributed by atoms with van der Waals surface area (Å²) in [5.74, 6) is 0.553. The lowest BCUT2D eigenvalue weighted by Gasteiger charge is -2.11. The van der Waals surface area contributed by atoms with Crippen LogP contribution in [0.5, 0.6) is 5.88 Å². The fourth-order valence-corrected chi connectivity index (χ4v) is 2.34. The highest BCUT2D eigenvalue weighted by Gasteiger charge is 2.07. The molecule has 2 aromatic heterocycles. The Morgan fingerprint density at radius 3 is 2.56 bits per heavy atom. The number of nitrogens with zero attached hydrogens (tertiary/aromatic N) is 1. The molecule has 0 aliphatic rings. The third-order valence-electron chi connectivity index (χ3n) is 3.53. The van der Waals surface area contributed by atoms with E-state index in [1.54, 1.807) is 12.3 Å². The number of ether oxygens (including phenoxy) is 1. The van der Waals surface area contributed by atoms with E-state index in [0.717, 1.165) is 16.8 Å². The van der Waals surface area contributed by atoms with Gasteiger partial charge in [-0.25, -0.2) is 9.78 Å². The van der Waals surface area contributed by atoms with Crippen molar-refractivity contribution in [2.45, 2.75) is 46.9 Å². The molecule has 2 aromatic rings. The molecule has 0 aromatic carbocycles. The van der Waals surface area contributed by atoms with Crippen molar-refractivity contribution < 1.29 is 9.53 Å². The summed E-state index contributed by atoms with van der Waals surface area (Å²) >= 11 is 0. The fourth-order valence-electron chi connectivity index (χ4n) is 2.34. The van der Waals surface area contributed by atoms with Crippen molar-refractivity contribution in [1.29, 1.82) is 0 Å². The molecule has 2 heterocycles. The molecule has 0 spiro atoms. The van der Waals surface area contributed by atoms with Gasteiger partial charge in [0.25, 0.3) is 5.56 Å². The standard InChI is InChI=1S/C18H24N4O3/c1-11(2)25-16-6-5-14(8-19-16)9-20-18(24)21-10-15-12(3)7-13(4)22-17(15)23/h5-8,11H,9-10H2,1-4H3,(H,22,23)(H2,20,21,24). The summed E-state index contributed by atoms with van der Waals surface area (Å²) in [6.45, 7) is 8.05. The molecular weight excluding hydrogens is 320 g/mol. The zero-order valence-corrected chi connectivity index (χ0v) is 15.0. The van der Waals surface area contributed by atoms with Crippen molar-refractivity contribution >= 4 is 6.03 Å². The highest BCUT2D eigenvalue weighted by molar-refractivity contribution is 5.73. The van der Waals surface area contributed by atoms with Crippen LogP contribution in [-0.2, 0) is 13.1 Å². The van der Waals surface area contributed by atoms with Gasteiger partial charge in [0.2, 0.25) is 5.88 Å². The van der Waals surface area contributed by atoms with Gasteiger partial charge in [0.1, 0.15) is 0 Å². The van der Waals surface area contributed by atoms with Gasteiger partial charge >= 0.3 is 6.03 Å². The van der Waals surface area contributed by atoms with E-state index < -0.39 is 0 Å². The average molecular weight is 344 g/mol. The SMILES string of the molecule is Cc1cc(C)c(CNC(=O)NCc2ccc(OC(C)C)nc2)c(=O)[nH]1. The van der Waals surface area contributed by atoms with Crippen molar-refractivity contribution in [1.82, 2.24) is 20.6 Å². The number of carbonyl (C=O) groups is 1. The number of aromatic nitrogens is 2. The fraction of sp³-hybridized carbons (Fsp3) is 0.389. The number of aromatic amines is 1. The van der Waals surface area contributed by atoms with E-state index in [-0.39, 0.29) is 24.2 Å². The number of nitrogens with one attached hydrogen (secondary N) is 3.